The molecule has 3 N–H and O–H groups in total. The van der Waals surface area contributed by atoms with Gasteiger partial charge in [0.2, 0.25) is 0 Å². The number of hydrogen-bond donors (Lipinski definition) is 2. The predicted molar refractivity (Wildman–Crippen MR) is 68.5 cm³/mol. The monoisotopic (exact) mass is 276 g/mol. The van der Waals surface area contributed by atoms with Crippen molar-refractivity contribution in [1.29, 1.82) is 0 Å². The average Bonchev–Trinajstić information content (AvgIpc) is 2.66. The second kappa shape index (κ2) is 5.30. The summed E-state index contributed by atoms with van der Waals surface area (Å²) in [4.78, 5) is 7.34. The van der Waals surface area contributed by atoms with Gasteiger partial charge >= 0.3 is 0 Å². The topological polar surface area (TPSA) is 88.3 Å². The number of nitrogens with one attached hydrogen (secondary N) is 1. The Balaban J connectivity index is 1.95. The van der Waals surface area contributed by atoms with Crippen LogP contribution in [-0.4, -0.2) is 42.9 Å². The molecule has 1 fully saturated rings. The zero-order valence-electron chi connectivity index (χ0n) is 9.42. The first-order valence-electron chi connectivity index (χ1n) is 5.43. The van der Waals surface area contributed by atoms with Crippen LogP contribution in [0.3, 0.4) is 0 Å². The molecule has 1 saturated heterocycles. The van der Waals surface area contributed by atoms with E-state index in [1.165, 1.54) is 11.3 Å². The minimum Gasteiger partial charge on any atom is -0.300 e. The largest absolute Gasteiger partial charge is 0.300 e. The smallest absolute Gasteiger partial charge is 0.197 e. The number of aromatic nitrogens is 1. The van der Waals surface area contributed by atoms with Gasteiger partial charge in [-0.3, -0.25) is 10.3 Å². The standard InChI is InChI=1S/C9H16N4O2S2/c10-12-9-11-6-8(16-9)7-13-2-1-4-17(14,15)5-3-13/h6H,1-5,7,10H2,(H,11,12). The molecule has 8 heteroatoms. The number of nitrogen functional groups attached to an aromatic ring is 1. The van der Waals surface area contributed by atoms with E-state index >= 15 is 0 Å². The Labute approximate surface area is 105 Å². The van der Waals surface area contributed by atoms with Gasteiger partial charge in [0.15, 0.2) is 15.0 Å². The van der Waals surface area contributed by atoms with E-state index in [0.29, 0.717) is 23.8 Å². The van der Waals surface area contributed by atoms with Crippen LogP contribution in [0, 0.1) is 0 Å². The average molecular weight is 276 g/mol. The lowest BCUT2D eigenvalue weighted by Crippen LogP contribution is -2.26. The van der Waals surface area contributed by atoms with Gasteiger partial charge in [0.05, 0.1) is 11.5 Å². The fraction of sp³-hybridized carbons (Fsp3) is 0.667. The number of hydrogen-bond acceptors (Lipinski definition) is 7. The van der Waals surface area contributed by atoms with Crippen molar-refractivity contribution < 1.29 is 8.42 Å². The molecule has 0 unspecified atom stereocenters. The molecular weight excluding hydrogens is 260 g/mol. The summed E-state index contributed by atoms with van der Waals surface area (Å²) >= 11 is 1.49. The zero-order valence-corrected chi connectivity index (χ0v) is 11.1. The third-order valence-electron chi connectivity index (χ3n) is 2.70. The Morgan fingerprint density at radius 3 is 3.00 bits per heavy atom. The number of anilines is 1. The van der Waals surface area contributed by atoms with Crippen LogP contribution in [-0.2, 0) is 16.4 Å². The summed E-state index contributed by atoms with van der Waals surface area (Å²) in [7, 11) is -2.83. The summed E-state index contributed by atoms with van der Waals surface area (Å²) in [6.45, 7) is 2.17. The molecular formula is C9H16N4O2S2. The maximum Gasteiger partial charge on any atom is 0.197 e. The van der Waals surface area contributed by atoms with Gasteiger partial charge in [0, 0.05) is 24.2 Å². The van der Waals surface area contributed by atoms with Crippen LogP contribution in [0.4, 0.5) is 5.13 Å². The highest BCUT2D eigenvalue weighted by Crippen LogP contribution is 2.19. The SMILES string of the molecule is NNc1ncc(CN2CCCS(=O)(=O)CC2)s1. The Morgan fingerprint density at radius 2 is 2.29 bits per heavy atom. The van der Waals surface area contributed by atoms with Gasteiger partial charge in [0.1, 0.15) is 0 Å². The Kier molecular flexibility index (Phi) is 3.97. The van der Waals surface area contributed by atoms with Crippen molar-refractivity contribution in [2.45, 2.75) is 13.0 Å². The molecule has 0 amide bonds. The molecule has 0 bridgehead atoms. The molecule has 0 spiro atoms. The van der Waals surface area contributed by atoms with Crippen molar-refractivity contribution in [3.8, 4) is 0 Å². The summed E-state index contributed by atoms with van der Waals surface area (Å²) < 4.78 is 22.9. The molecule has 1 aromatic rings. The predicted octanol–water partition coefficient (Wildman–Crippen LogP) is 0.0492. The summed E-state index contributed by atoms with van der Waals surface area (Å²) in [5.41, 5.74) is 2.50. The highest BCUT2D eigenvalue weighted by Gasteiger charge is 2.19. The van der Waals surface area contributed by atoms with Crippen LogP contribution in [0.25, 0.3) is 0 Å². The van der Waals surface area contributed by atoms with E-state index in [4.69, 9.17) is 5.84 Å². The second-order valence-electron chi connectivity index (χ2n) is 4.06. The van der Waals surface area contributed by atoms with Gasteiger partial charge in [-0.05, 0) is 13.0 Å². The van der Waals surface area contributed by atoms with Crippen molar-refractivity contribution >= 4 is 26.3 Å². The van der Waals surface area contributed by atoms with Gasteiger partial charge in [0.25, 0.3) is 0 Å². The molecule has 0 atom stereocenters. The first-order valence-corrected chi connectivity index (χ1v) is 8.07. The van der Waals surface area contributed by atoms with E-state index in [9.17, 15) is 8.42 Å². The first-order chi connectivity index (χ1) is 8.09. The van der Waals surface area contributed by atoms with Crippen molar-refractivity contribution in [3.05, 3.63) is 11.1 Å². The minimum absolute atomic E-state index is 0.258. The van der Waals surface area contributed by atoms with Gasteiger partial charge in [-0.25, -0.2) is 19.2 Å². The summed E-state index contributed by atoms with van der Waals surface area (Å²) in [5, 5.41) is 0.683. The molecule has 0 aromatic carbocycles. The fourth-order valence-corrected chi connectivity index (χ4v) is 3.89. The number of nitrogens with zero attached hydrogens (tertiary/aromatic N) is 2. The lowest BCUT2D eigenvalue weighted by Gasteiger charge is -2.17. The molecule has 0 saturated carbocycles. The number of sulfone groups is 1. The van der Waals surface area contributed by atoms with E-state index in [2.05, 4.69) is 15.3 Å². The third kappa shape index (κ3) is 3.63. The quantitative estimate of drug-likeness (QED) is 0.599. The summed E-state index contributed by atoms with van der Waals surface area (Å²) in [6, 6.07) is 0. The fourth-order valence-electron chi connectivity index (χ4n) is 1.82. The van der Waals surface area contributed by atoms with Crippen molar-refractivity contribution in [2.75, 3.05) is 30.0 Å². The van der Waals surface area contributed by atoms with Crippen LogP contribution in [0.1, 0.15) is 11.3 Å². The Morgan fingerprint density at radius 1 is 1.47 bits per heavy atom. The molecule has 6 nitrogen and oxygen atoms in total. The van der Waals surface area contributed by atoms with E-state index in [-0.39, 0.29) is 5.75 Å². The lowest BCUT2D eigenvalue weighted by molar-refractivity contribution is 0.289. The van der Waals surface area contributed by atoms with Crippen LogP contribution in [0.5, 0.6) is 0 Å². The van der Waals surface area contributed by atoms with Gasteiger partial charge in [-0.1, -0.05) is 11.3 Å². The number of thiazole rings is 1. The molecule has 0 radical (unpaired) electrons. The Hall–Kier alpha value is -0.700. The first kappa shape index (κ1) is 12.7. The normalized spacial score (nSPS) is 21.0. The molecule has 2 heterocycles. The van der Waals surface area contributed by atoms with E-state index in [1.807, 2.05) is 0 Å². The van der Waals surface area contributed by atoms with Crippen molar-refractivity contribution in [3.63, 3.8) is 0 Å². The molecule has 1 aliphatic rings. The Bertz CT molecular complexity index is 471. The third-order valence-corrected chi connectivity index (χ3v) is 5.33. The summed E-state index contributed by atoms with van der Waals surface area (Å²) in [6.07, 6.45) is 2.49. The van der Waals surface area contributed by atoms with Gasteiger partial charge in [-0.15, -0.1) is 0 Å². The minimum atomic E-state index is -2.83. The van der Waals surface area contributed by atoms with Crippen molar-refractivity contribution in [2.24, 2.45) is 5.84 Å². The molecule has 1 aliphatic heterocycles. The lowest BCUT2D eigenvalue weighted by atomic mass is 10.4. The number of nitrogens with two attached hydrogens (primary N) is 1. The zero-order chi connectivity index (χ0) is 12.3. The molecule has 17 heavy (non-hydrogen) atoms. The van der Waals surface area contributed by atoms with Crippen molar-refractivity contribution in [1.82, 2.24) is 9.88 Å². The van der Waals surface area contributed by atoms with E-state index in [1.54, 1.807) is 6.20 Å². The van der Waals surface area contributed by atoms with E-state index < -0.39 is 9.84 Å². The highest BCUT2D eigenvalue weighted by molar-refractivity contribution is 7.91. The van der Waals surface area contributed by atoms with Gasteiger partial charge in [-0.2, -0.15) is 0 Å². The maximum absolute atomic E-state index is 11.5. The highest BCUT2D eigenvalue weighted by atomic mass is 32.2. The number of hydrazine groups is 1. The molecule has 96 valence electrons. The molecule has 2 rings (SSSR count). The van der Waals surface area contributed by atoms with Crippen LogP contribution < -0.4 is 11.3 Å². The van der Waals surface area contributed by atoms with E-state index in [0.717, 1.165) is 18.0 Å². The second-order valence-corrected chi connectivity index (χ2v) is 7.48. The molecule has 0 aliphatic carbocycles. The van der Waals surface area contributed by atoms with Crippen LogP contribution in [0.2, 0.25) is 0 Å². The molecule has 1 aromatic heterocycles. The van der Waals surface area contributed by atoms with Crippen LogP contribution >= 0.6 is 11.3 Å². The van der Waals surface area contributed by atoms with Gasteiger partial charge < -0.3 is 0 Å². The maximum atomic E-state index is 11.5. The number of rotatable bonds is 3. The van der Waals surface area contributed by atoms with Crippen LogP contribution in [0.15, 0.2) is 6.20 Å². The summed E-state index contributed by atoms with van der Waals surface area (Å²) in [5.74, 6) is 5.83.